The van der Waals surface area contributed by atoms with E-state index in [2.05, 4.69) is 20.9 Å². The molecule has 0 radical (unpaired) electrons. The summed E-state index contributed by atoms with van der Waals surface area (Å²) >= 11 is 5.26. The van der Waals surface area contributed by atoms with E-state index in [1.54, 1.807) is 19.1 Å². The largest absolute Gasteiger partial charge is 0.418 e. The molecule has 5 rings (SSSR count). The molecule has 6 N–H and O–H groups in total. The molecule has 47 heavy (non-hydrogen) atoms. The van der Waals surface area contributed by atoms with Gasteiger partial charge < -0.3 is 26.7 Å². The fourth-order valence-electron chi connectivity index (χ4n) is 6.35. The van der Waals surface area contributed by atoms with Crippen LogP contribution in [-0.2, 0) is 39.8 Å². The molecule has 3 amide bonds. The summed E-state index contributed by atoms with van der Waals surface area (Å²) in [5.41, 5.74) is 4.71. The quantitative estimate of drug-likeness (QED) is 0.136. The molecule has 1 fully saturated rings. The molecule has 1 aromatic heterocycles. The van der Waals surface area contributed by atoms with Crippen LogP contribution in [0.25, 0.3) is 10.9 Å². The molecule has 2 aliphatic rings. The molecular formula is C34H39F4N5O3S. The predicted molar refractivity (Wildman–Crippen MR) is 174 cm³/mol. The van der Waals surface area contributed by atoms with E-state index in [-0.39, 0.29) is 47.7 Å². The van der Waals surface area contributed by atoms with E-state index in [1.165, 1.54) is 24.3 Å². The Morgan fingerprint density at radius 1 is 1.11 bits per heavy atom. The van der Waals surface area contributed by atoms with Crippen LogP contribution < -0.4 is 21.7 Å². The second-order valence-electron chi connectivity index (χ2n) is 12.9. The van der Waals surface area contributed by atoms with Crippen molar-refractivity contribution in [3.05, 3.63) is 70.7 Å². The normalized spacial score (nSPS) is 19.7. The van der Waals surface area contributed by atoms with Crippen molar-refractivity contribution in [3.8, 4) is 0 Å². The molecule has 0 spiro atoms. The number of alkyl halides is 3. The van der Waals surface area contributed by atoms with Gasteiger partial charge in [0.15, 0.2) is 0 Å². The molecule has 2 aliphatic carbocycles. The minimum Gasteiger partial charge on any atom is -0.392 e. The Hall–Kier alpha value is -4.00. The lowest BCUT2D eigenvalue weighted by atomic mass is 9.78. The minimum absolute atomic E-state index is 0.0651. The van der Waals surface area contributed by atoms with Gasteiger partial charge in [-0.05, 0) is 54.4 Å². The summed E-state index contributed by atoms with van der Waals surface area (Å²) in [5, 5.41) is 8.89. The van der Waals surface area contributed by atoms with Crippen LogP contribution in [-0.4, -0.2) is 45.3 Å². The van der Waals surface area contributed by atoms with E-state index in [4.69, 9.17) is 18.0 Å². The van der Waals surface area contributed by atoms with Gasteiger partial charge in [-0.15, -0.1) is 0 Å². The van der Waals surface area contributed by atoms with Crippen LogP contribution in [0.2, 0.25) is 0 Å². The third-order valence-corrected chi connectivity index (χ3v) is 9.73. The van der Waals surface area contributed by atoms with Crippen molar-refractivity contribution in [2.45, 2.75) is 89.0 Å². The van der Waals surface area contributed by atoms with Gasteiger partial charge in [-0.3, -0.25) is 14.4 Å². The summed E-state index contributed by atoms with van der Waals surface area (Å²) in [6, 6.07) is 8.01. The molecule has 2 aromatic carbocycles. The van der Waals surface area contributed by atoms with E-state index in [0.29, 0.717) is 35.4 Å². The van der Waals surface area contributed by atoms with Gasteiger partial charge in [0.2, 0.25) is 17.7 Å². The highest BCUT2D eigenvalue weighted by atomic mass is 32.1. The summed E-state index contributed by atoms with van der Waals surface area (Å²) in [6.45, 7) is 3.62. The van der Waals surface area contributed by atoms with Crippen LogP contribution in [0.15, 0.2) is 42.5 Å². The smallest absolute Gasteiger partial charge is 0.392 e. The number of para-hydroxylation sites is 1. The van der Waals surface area contributed by atoms with E-state index in [0.717, 1.165) is 18.9 Å². The SMILES string of the molecule is CC[C@H](C)[C@H](NC(=O)Cc1ccccc1F)C(=O)N[C@]1(C(=O)N[C@@H](CC2CC2)C(N)=S)CCc2[nH]c3c(C(F)(F)F)cccc3c2C1. The molecule has 1 heterocycles. The van der Waals surface area contributed by atoms with E-state index < -0.39 is 52.9 Å². The number of aryl methyl sites for hydroxylation is 1. The number of fused-ring (bicyclic) bond motifs is 3. The van der Waals surface area contributed by atoms with Crippen LogP contribution in [0, 0.1) is 17.7 Å². The highest BCUT2D eigenvalue weighted by Crippen LogP contribution is 2.40. The molecule has 4 atom stereocenters. The van der Waals surface area contributed by atoms with Gasteiger partial charge in [-0.1, -0.05) is 75.7 Å². The Balaban J connectivity index is 1.48. The zero-order chi connectivity index (χ0) is 34.1. The fourth-order valence-corrected chi connectivity index (χ4v) is 6.50. The third-order valence-electron chi connectivity index (χ3n) is 9.45. The molecule has 1 saturated carbocycles. The van der Waals surface area contributed by atoms with Crippen molar-refractivity contribution < 1.29 is 31.9 Å². The number of benzene rings is 2. The monoisotopic (exact) mass is 673 g/mol. The highest BCUT2D eigenvalue weighted by molar-refractivity contribution is 7.80. The van der Waals surface area contributed by atoms with Crippen LogP contribution in [0.1, 0.15) is 68.3 Å². The summed E-state index contributed by atoms with van der Waals surface area (Å²) in [4.78, 5) is 44.5. The van der Waals surface area contributed by atoms with Crippen LogP contribution >= 0.6 is 12.2 Å². The van der Waals surface area contributed by atoms with Crippen LogP contribution in [0.4, 0.5) is 17.6 Å². The van der Waals surface area contributed by atoms with Crippen LogP contribution in [0.3, 0.4) is 0 Å². The van der Waals surface area contributed by atoms with Gasteiger partial charge in [0.25, 0.3) is 0 Å². The Kier molecular flexibility index (Phi) is 9.95. The lowest BCUT2D eigenvalue weighted by Crippen LogP contribution is -2.66. The number of aromatic nitrogens is 1. The van der Waals surface area contributed by atoms with Crippen molar-refractivity contribution in [1.29, 1.82) is 0 Å². The average molecular weight is 674 g/mol. The standard InChI is InChI=1S/C34H39F4N5O3S/c1-3-18(2)28(42-27(44)16-20-7-4-5-10-24(20)35)31(45)43-33(32(46)41-26(30(39)47)15-19-11-12-19)14-13-25-22(17-33)21-8-6-9-23(29(21)40-25)34(36,37)38/h4-10,18-19,26,28,40H,3,11-17H2,1-2H3,(H2,39,47)(H,41,46)(H,42,44)(H,43,45)/t18-,26-,28-,33+/m0/s1. The maximum Gasteiger partial charge on any atom is 0.418 e. The number of carbonyl (C=O) groups excluding carboxylic acids is 3. The van der Waals surface area contributed by atoms with Crippen molar-refractivity contribution in [3.63, 3.8) is 0 Å². The molecule has 0 saturated heterocycles. The van der Waals surface area contributed by atoms with Crippen molar-refractivity contribution in [2.75, 3.05) is 0 Å². The molecule has 3 aromatic rings. The second kappa shape index (κ2) is 13.6. The Labute approximate surface area is 275 Å². The summed E-state index contributed by atoms with van der Waals surface area (Å²) in [7, 11) is 0. The lowest BCUT2D eigenvalue weighted by molar-refractivity contribution is -0.137. The first-order valence-electron chi connectivity index (χ1n) is 15.9. The predicted octanol–water partition coefficient (Wildman–Crippen LogP) is 5.01. The molecule has 252 valence electrons. The molecule has 0 aliphatic heterocycles. The first-order chi connectivity index (χ1) is 22.2. The first-order valence-corrected chi connectivity index (χ1v) is 16.3. The van der Waals surface area contributed by atoms with E-state index in [9.17, 15) is 31.9 Å². The van der Waals surface area contributed by atoms with E-state index >= 15 is 0 Å². The van der Waals surface area contributed by atoms with Gasteiger partial charge in [-0.25, -0.2) is 4.39 Å². The maximum atomic E-state index is 14.3. The lowest BCUT2D eigenvalue weighted by Gasteiger charge is -2.39. The van der Waals surface area contributed by atoms with Crippen molar-refractivity contribution in [2.24, 2.45) is 17.6 Å². The van der Waals surface area contributed by atoms with Gasteiger partial charge in [0, 0.05) is 17.5 Å². The molecular weight excluding hydrogens is 634 g/mol. The van der Waals surface area contributed by atoms with Gasteiger partial charge in [-0.2, -0.15) is 13.2 Å². The summed E-state index contributed by atoms with van der Waals surface area (Å²) in [5.74, 6) is -2.33. The summed E-state index contributed by atoms with van der Waals surface area (Å²) in [6.07, 6.45) is -1.76. The zero-order valence-corrected chi connectivity index (χ0v) is 27.0. The van der Waals surface area contributed by atoms with Crippen LogP contribution in [0.5, 0.6) is 0 Å². The second-order valence-corrected chi connectivity index (χ2v) is 13.3. The fraction of sp³-hybridized carbons (Fsp3) is 0.471. The third kappa shape index (κ3) is 7.61. The summed E-state index contributed by atoms with van der Waals surface area (Å²) < 4.78 is 56.0. The number of hydrogen-bond acceptors (Lipinski definition) is 4. The molecule has 8 nitrogen and oxygen atoms in total. The highest BCUT2D eigenvalue weighted by Gasteiger charge is 2.47. The zero-order valence-electron chi connectivity index (χ0n) is 26.2. The Morgan fingerprint density at radius 3 is 2.47 bits per heavy atom. The number of rotatable bonds is 12. The number of carbonyl (C=O) groups is 3. The molecule has 0 unspecified atom stereocenters. The van der Waals surface area contributed by atoms with E-state index in [1.807, 2.05) is 6.92 Å². The average Bonchev–Trinajstić information content (AvgIpc) is 3.77. The molecule has 0 bridgehead atoms. The van der Waals surface area contributed by atoms with Gasteiger partial charge in [0.05, 0.1) is 28.5 Å². The Morgan fingerprint density at radius 2 is 1.83 bits per heavy atom. The van der Waals surface area contributed by atoms with Gasteiger partial charge >= 0.3 is 6.18 Å². The number of nitrogens with two attached hydrogens (primary N) is 1. The Bertz CT molecular complexity index is 1690. The van der Waals surface area contributed by atoms with Gasteiger partial charge in [0.1, 0.15) is 17.4 Å². The topological polar surface area (TPSA) is 129 Å². The van der Waals surface area contributed by atoms with Crippen molar-refractivity contribution in [1.82, 2.24) is 20.9 Å². The maximum absolute atomic E-state index is 14.3. The number of hydrogen-bond donors (Lipinski definition) is 5. The number of nitrogens with one attached hydrogen (secondary N) is 4. The number of aromatic amines is 1. The number of amides is 3. The minimum atomic E-state index is -4.60. The molecule has 13 heteroatoms. The number of thiocarbonyl (C=S) groups is 1. The number of H-pyrrole nitrogens is 1. The van der Waals surface area contributed by atoms with Crippen molar-refractivity contribution >= 4 is 45.8 Å². The first kappa shape index (κ1) is 34.3. The number of halogens is 4.